The van der Waals surface area contributed by atoms with Gasteiger partial charge in [-0.25, -0.2) is 9.37 Å². The third kappa shape index (κ3) is 2.55. The molecule has 3 aromatic rings. The molecule has 0 fully saturated rings. The lowest BCUT2D eigenvalue weighted by atomic mass is 10.1. The monoisotopic (exact) mass is 285 g/mol. The van der Waals surface area contributed by atoms with Gasteiger partial charge < -0.3 is 5.32 Å². The fourth-order valence-corrected chi connectivity index (χ4v) is 1.89. The lowest BCUT2D eigenvalue weighted by Crippen LogP contribution is -2.08. The lowest BCUT2D eigenvalue weighted by Gasteiger charge is -2.08. The van der Waals surface area contributed by atoms with Gasteiger partial charge in [0.05, 0.1) is 0 Å². The van der Waals surface area contributed by atoms with E-state index in [1.807, 2.05) is 0 Å². The SMILES string of the molecule is CNc1nc(-c2ccc(F)cc2C)nc(-n2cncn2)n1. The molecule has 0 bridgehead atoms. The van der Waals surface area contributed by atoms with Crippen LogP contribution in [0.25, 0.3) is 17.3 Å². The minimum atomic E-state index is -0.296. The molecule has 1 aromatic carbocycles. The molecule has 8 heteroatoms. The maximum absolute atomic E-state index is 13.2. The van der Waals surface area contributed by atoms with E-state index in [-0.39, 0.29) is 5.82 Å². The summed E-state index contributed by atoms with van der Waals surface area (Å²) in [7, 11) is 1.71. The third-order valence-corrected chi connectivity index (χ3v) is 2.90. The molecule has 1 N–H and O–H groups in total. The van der Waals surface area contributed by atoms with Gasteiger partial charge in [0, 0.05) is 12.6 Å². The number of aromatic nitrogens is 6. The summed E-state index contributed by atoms with van der Waals surface area (Å²) in [5.41, 5.74) is 1.48. The van der Waals surface area contributed by atoms with E-state index in [0.717, 1.165) is 11.1 Å². The smallest absolute Gasteiger partial charge is 0.257 e. The molecule has 0 aliphatic heterocycles. The Morgan fingerprint density at radius 3 is 2.71 bits per heavy atom. The van der Waals surface area contributed by atoms with Gasteiger partial charge in [-0.2, -0.15) is 24.7 Å². The van der Waals surface area contributed by atoms with Crippen molar-refractivity contribution in [3.05, 3.63) is 42.2 Å². The second kappa shape index (κ2) is 5.23. The van der Waals surface area contributed by atoms with Crippen LogP contribution in [0.1, 0.15) is 5.56 Å². The minimum absolute atomic E-state index is 0.296. The van der Waals surface area contributed by atoms with Crippen molar-refractivity contribution >= 4 is 5.95 Å². The fourth-order valence-electron chi connectivity index (χ4n) is 1.89. The number of nitrogens with one attached hydrogen (secondary N) is 1. The van der Waals surface area contributed by atoms with Crippen molar-refractivity contribution < 1.29 is 4.39 Å². The summed E-state index contributed by atoms with van der Waals surface area (Å²) in [6.45, 7) is 1.80. The highest BCUT2D eigenvalue weighted by atomic mass is 19.1. The van der Waals surface area contributed by atoms with Crippen LogP contribution in [-0.2, 0) is 0 Å². The van der Waals surface area contributed by atoms with Crippen LogP contribution in [0.15, 0.2) is 30.9 Å². The van der Waals surface area contributed by atoms with Crippen LogP contribution in [0, 0.1) is 12.7 Å². The summed E-state index contributed by atoms with van der Waals surface area (Å²) >= 11 is 0. The molecule has 2 heterocycles. The normalized spacial score (nSPS) is 10.6. The average molecular weight is 285 g/mol. The standard InChI is InChI=1S/C13H12FN7/c1-8-5-9(14)3-4-10(8)11-18-12(15-2)20-13(19-11)21-7-16-6-17-21/h3-7H,1-2H3,(H,15,18,19,20). The highest BCUT2D eigenvalue weighted by molar-refractivity contribution is 5.61. The first kappa shape index (κ1) is 13.1. The molecule has 0 spiro atoms. The summed E-state index contributed by atoms with van der Waals surface area (Å²) in [6.07, 6.45) is 2.89. The van der Waals surface area contributed by atoms with Gasteiger partial charge in [0.2, 0.25) is 5.95 Å². The Labute approximate surface area is 119 Å². The van der Waals surface area contributed by atoms with Gasteiger partial charge in [-0.1, -0.05) is 0 Å². The Hall–Kier alpha value is -2.90. The summed E-state index contributed by atoms with van der Waals surface area (Å²) in [5, 5.41) is 6.87. The van der Waals surface area contributed by atoms with Crippen LogP contribution in [0.5, 0.6) is 0 Å². The molecule has 0 aliphatic carbocycles. The van der Waals surface area contributed by atoms with E-state index in [4.69, 9.17) is 0 Å². The first-order valence-corrected chi connectivity index (χ1v) is 6.23. The van der Waals surface area contributed by atoms with Crippen LogP contribution in [0.3, 0.4) is 0 Å². The summed E-state index contributed by atoms with van der Waals surface area (Å²) in [6, 6.07) is 4.46. The molecule has 0 unspecified atom stereocenters. The van der Waals surface area contributed by atoms with Crippen molar-refractivity contribution in [3.63, 3.8) is 0 Å². The molecule has 0 saturated carbocycles. The Balaban J connectivity index is 2.16. The van der Waals surface area contributed by atoms with Crippen molar-refractivity contribution in [2.45, 2.75) is 6.92 Å². The lowest BCUT2D eigenvalue weighted by molar-refractivity contribution is 0.627. The number of nitrogens with zero attached hydrogens (tertiary/aromatic N) is 6. The molecule has 3 rings (SSSR count). The van der Waals surface area contributed by atoms with Gasteiger partial charge in [-0.05, 0) is 30.7 Å². The van der Waals surface area contributed by atoms with Crippen molar-refractivity contribution in [1.82, 2.24) is 29.7 Å². The average Bonchev–Trinajstić information content (AvgIpc) is 3.01. The Morgan fingerprint density at radius 1 is 1.19 bits per heavy atom. The molecule has 2 aromatic heterocycles. The molecule has 0 saturated heterocycles. The van der Waals surface area contributed by atoms with Gasteiger partial charge in [-0.3, -0.25) is 0 Å². The number of anilines is 1. The predicted molar refractivity (Wildman–Crippen MR) is 74.4 cm³/mol. The largest absolute Gasteiger partial charge is 0.357 e. The van der Waals surface area contributed by atoms with Crippen molar-refractivity contribution in [2.24, 2.45) is 0 Å². The van der Waals surface area contributed by atoms with Crippen LogP contribution < -0.4 is 5.32 Å². The first-order chi connectivity index (χ1) is 10.2. The van der Waals surface area contributed by atoms with E-state index in [0.29, 0.717) is 17.7 Å². The van der Waals surface area contributed by atoms with Gasteiger partial charge in [0.1, 0.15) is 18.5 Å². The summed E-state index contributed by atoms with van der Waals surface area (Å²) in [5.74, 6) is 0.882. The van der Waals surface area contributed by atoms with Crippen LogP contribution in [0.4, 0.5) is 10.3 Å². The van der Waals surface area contributed by atoms with E-state index < -0.39 is 0 Å². The predicted octanol–water partition coefficient (Wildman–Crippen LogP) is 1.61. The van der Waals surface area contributed by atoms with E-state index in [1.54, 1.807) is 20.0 Å². The van der Waals surface area contributed by atoms with Gasteiger partial charge in [-0.15, -0.1) is 0 Å². The maximum atomic E-state index is 13.2. The van der Waals surface area contributed by atoms with Gasteiger partial charge in [0.25, 0.3) is 5.95 Å². The Bertz CT molecular complexity index is 770. The van der Waals surface area contributed by atoms with Crippen molar-refractivity contribution in [2.75, 3.05) is 12.4 Å². The quantitative estimate of drug-likeness (QED) is 0.787. The second-order valence-corrected chi connectivity index (χ2v) is 4.33. The molecule has 7 nitrogen and oxygen atoms in total. The molecule has 0 amide bonds. The molecule has 0 radical (unpaired) electrons. The molecule has 106 valence electrons. The zero-order valence-corrected chi connectivity index (χ0v) is 11.4. The molecule has 0 aliphatic rings. The minimum Gasteiger partial charge on any atom is -0.357 e. The summed E-state index contributed by atoms with van der Waals surface area (Å²) in [4.78, 5) is 16.8. The summed E-state index contributed by atoms with van der Waals surface area (Å²) < 4.78 is 14.7. The highest BCUT2D eigenvalue weighted by Gasteiger charge is 2.12. The van der Waals surface area contributed by atoms with Crippen LogP contribution in [-0.4, -0.2) is 36.8 Å². The zero-order valence-electron chi connectivity index (χ0n) is 11.4. The van der Waals surface area contributed by atoms with Crippen LogP contribution >= 0.6 is 0 Å². The number of aryl methyl sites for hydroxylation is 1. The Kier molecular flexibility index (Phi) is 3.27. The van der Waals surface area contributed by atoms with Crippen LogP contribution in [0.2, 0.25) is 0 Å². The number of rotatable bonds is 3. The maximum Gasteiger partial charge on any atom is 0.257 e. The van der Waals surface area contributed by atoms with E-state index in [1.165, 1.54) is 29.5 Å². The molecular weight excluding hydrogens is 273 g/mol. The van der Waals surface area contributed by atoms with Crippen molar-refractivity contribution in [3.8, 4) is 17.3 Å². The Morgan fingerprint density at radius 2 is 2.05 bits per heavy atom. The van der Waals surface area contributed by atoms with Gasteiger partial charge in [0.15, 0.2) is 5.82 Å². The van der Waals surface area contributed by atoms with E-state index in [2.05, 4.69) is 30.4 Å². The zero-order chi connectivity index (χ0) is 14.8. The topological polar surface area (TPSA) is 81.4 Å². The first-order valence-electron chi connectivity index (χ1n) is 6.23. The molecule has 21 heavy (non-hydrogen) atoms. The van der Waals surface area contributed by atoms with E-state index >= 15 is 0 Å². The molecular formula is C13H12FN7. The second-order valence-electron chi connectivity index (χ2n) is 4.33. The number of halogens is 1. The molecule has 0 atom stereocenters. The van der Waals surface area contributed by atoms with Gasteiger partial charge >= 0.3 is 0 Å². The van der Waals surface area contributed by atoms with Crippen molar-refractivity contribution in [1.29, 1.82) is 0 Å². The number of benzene rings is 1. The number of hydrogen-bond acceptors (Lipinski definition) is 6. The fraction of sp³-hybridized carbons (Fsp3) is 0.154. The van der Waals surface area contributed by atoms with E-state index in [9.17, 15) is 4.39 Å². The third-order valence-electron chi connectivity index (χ3n) is 2.90. The number of hydrogen-bond donors (Lipinski definition) is 1. The highest BCUT2D eigenvalue weighted by Crippen LogP contribution is 2.22.